The molecule has 5 rings (SSSR count). The summed E-state index contributed by atoms with van der Waals surface area (Å²) in [5.41, 5.74) is 2.71. The molecule has 236 valence electrons. The highest BCUT2D eigenvalue weighted by molar-refractivity contribution is 8.00. The van der Waals surface area contributed by atoms with Gasteiger partial charge >= 0.3 is 0 Å². The van der Waals surface area contributed by atoms with Crippen LogP contribution in [0.2, 0.25) is 5.02 Å². The van der Waals surface area contributed by atoms with E-state index in [9.17, 15) is 18.8 Å². The number of methoxy groups -OCH3 is 1. The molecule has 5 aromatic rings. The van der Waals surface area contributed by atoms with Crippen molar-refractivity contribution in [3.05, 3.63) is 161 Å². The number of ether oxygens (including phenoxy) is 1. The zero-order valence-electron chi connectivity index (χ0n) is 25.1. The SMILES string of the molecule is COc1cccc(/C=C(\NC(=O)c2ccccc2)C(=O)Nc2ccc(SC(C(=O)Nc3ccc(F)c(Cl)c3)c3ccccc3)cc2)c1. The molecule has 0 aliphatic heterocycles. The summed E-state index contributed by atoms with van der Waals surface area (Å²) in [6.07, 6.45) is 1.57. The molecule has 0 heterocycles. The predicted octanol–water partition coefficient (Wildman–Crippen LogP) is 8.37. The van der Waals surface area contributed by atoms with Crippen LogP contribution in [0.5, 0.6) is 5.75 Å². The van der Waals surface area contributed by atoms with Gasteiger partial charge in [0, 0.05) is 21.8 Å². The molecule has 0 radical (unpaired) electrons. The fourth-order valence-electron chi connectivity index (χ4n) is 4.47. The molecule has 47 heavy (non-hydrogen) atoms. The summed E-state index contributed by atoms with van der Waals surface area (Å²) in [5.74, 6) is -1.26. The van der Waals surface area contributed by atoms with E-state index >= 15 is 0 Å². The Kier molecular flexibility index (Phi) is 11.1. The number of thioether (sulfide) groups is 1. The van der Waals surface area contributed by atoms with Crippen LogP contribution >= 0.6 is 23.4 Å². The van der Waals surface area contributed by atoms with E-state index in [-0.39, 0.29) is 16.6 Å². The molecule has 3 amide bonds. The molecule has 0 bridgehead atoms. The quantitative estimate of drug-likeness (QED) is 0.0973. The number of hydrogen-bond donors (Lipinski definition) is 3. The molecule has 0 aliphatic rings. The van der Waals surface area contributed by atoms with Gasteiger partial charge in [0.25, 0.3) is 11.8 Å². The highest BCUT2D eigenvalue weighted by Crippen LogP contribution is 2.37. The van der Waals surface area contributed by atoms with E-state index in [2.05, 4.69) is 16.0 Å². The number of carbonyl (C=O) groups is 3. The fraction of sp³-hybridized carbons (Fsp3) is 0.0541. The molecular formula is C37H29ClFN3O4S. The summed E-state index contributed by atoms with van der Waals surface area (Å²) in [6.45, 7) is 0. The van der Waals surface area contributed by atoms with E-state index in [1.165, 1.54) is 30.0 Å². The second-order valence-corrected chi connectivity index (χ2v) is 11.7. The number of carbonyl (C=O) groups excluding carboxylic acids is 3. The van der Waals surface area contributed by atoms with Gasteiger partial charge in [-0.15, -0.1) is 11.8 Å². The Morgan fingerprint density at radius 1 is 0.787 bits per heavy atom. The van der Waals surface area contributed by atoms with Crippen LogP contribution in [0.3, 0.4) is 0 Å². The third kappa shape index (κ3) is 9.09. The van der Waals surface area contributed by atoms with Gasteiger partial charge in [0.2, 0.25) is 5.91 Å². The molecule has 5 aromatic carbocycles. The van der Waals surface area contributed by atoms with Gasteiger partial charge in [-0.1, -0.05) is 72.3 Å². The molecule has 1 unspecified atom stereocenters. The van der Waals surface area contributed by atoms with Gasteiger partial charge in [-0.05, 0) is 83.9 Å². The lowest BCUT2D eigenvalue weighted by molar-refractivity contribution is -0.116. The van der Waals surface area contributed by atoms with Crippen molar-refractivity contribution in [1.82, 2.24) is 5.32 Å². The Morgan fingerprint density at radius 2 is 1.47 bits per heavy atom. The average molecular weight is 666 g/mol. The zero-order chi connectivity index (χ0) is 33.2. The van der Waals surface area contributed by atoms with Crippen LogP contribution < -0.4 is 20.7 Å². The molecule has 0 saturated carbocycles. The highest BCUT2D eigenvalue weighted by Gasteiger charge is 2.23. The minimum Gasteiger partial charge on any atom is -0.497 e. The van der Waals surface area contributed by atoms with Gasteiger partial charge in [-0.2, -0.15) is 0 Å². The van der Waals surface area contributed by atoms with Crippen LogP contribution in [-0.2, 0) is 9.59 Å². The van der Waals surface area contributed by atoms with Crippen LogP contribution in [0, 0.1) is 5.82 Å². The van der Waals surface area contributed by atoms with Gasteiger partial charge in [0.15, 0.2) is 0 Å². The zero-order valence-corrected chi connectivity index (χ0v) is 26.6. The maximum absolute atomic E-state index is 13.7. The summed E-state index contributed by atoms with van der Waals surface area (Å²) in [5, 5.41) is 7.64. The van der Waals surface area contributed by atoms with Gasteiger partial charge in [0.05, 0.1) is 12.1 Å². The number of amides is 3. The Labute approximate surface area is 280 Å². The van der Waals surface area contributed by atoms with Crippen molar-refractivity contribution in [2.75, 3.05) is 17.7 Å². The Balaban J connectivity index is 1.33. The molecule has 3 N–H and O–H groups in total. The first kappa shape index (κ1) is 33.0. The third-order valence-electron chi connectivity index (χ3n) is 6.83. The van der Waals surface area contributed by atoms with Gasteiger partial charge in [-0.3, -0.25) is 14.4 Å². The molecule has 10 heteroatoms. The second-order valence-electron chi connectivity index (χ2n) is 10.2. The fourth-order valence-corrected chi connectivity index (χ4v) is 5.68. The molecule has 0 saturated heterocycles. The van der Waals surface area contributed by atoms with Crippen LogP contribution in [0.1, 0.15) is 26.7 Å². The number of halogens is 2. The highest BCUT2D eigenvalue weighted by atomic mass is 35.5. The first-order valence-electron chi connectivity index (χ1n) is 14.4. The van der Waals surface area contributed by atoms with Crippen LogP contribution in [-0.4, -0.2) is 24.8 Å². The lowest BCUT2D eigenvalue weighted by atomic mass is 10.1. The molecular weight excluding hydrogens is 637 g/mol. The summed E-state index contributed by atoms with van der Waals surface area (Å²) in [4.78, 5) is 40.6. The summed E-state index contributed by atoms with van der Waals surface area (Å²) in [7, 11) is 1.55. The van der Waals surface area contributed by atoms with Crippen molar-refractivity contribution in [1.29, 1.82) is 0 Å². The topological polar surface area (TPSA) is 96.5 Å². The number of hydrogen-bond acceptors (Lipinski definition) is 5. The smallest absolute Gasteiger partial charge is 0.272 e. The van der Waals surface area contributed by atoms with Crippen molar-refractivity contribution in [2.45, 2.75) is 10.1 Å². The Hall–Kier alpha value is -5.38. The summed E-state index contributed by atoms with van der Waals surface area (Å²) in [6, 6.07) is 35.9. The van der Waals surface area contributed by atoms with Crippen molar-refractivity contribution in [3.8, 4) is 5.75 Å². The van der Waals surface area contributed by atoms with Crippen LogP contribution in [0.4, 0.5) is 15.8 Å². The lowest BCUT2D eigenvalue weighted by Gasteiger charge is -2.18. The monoisotopic (exact) mass is 665 g/mol. The third-order valence-corrected chi connectivity index (χ3v) is 8.38. The lowest BCUT2D eigenvalue weighted by Crippen LogP contribution is -2.30. The van der Waals surface area contributed by atoms with E-state index in [0.717, 1.165) is 10.5 Å². The van der Waals surface area contributed by atoms with Gasteiger partial charge < -0.3 is 20.7 Å². The normalized spacial score (nSPS) is 11.7. The van der Waals surface area contributed by atoms with Gasteiger partial charge in [-0.25, -0.2) is 4.39 Å². The summed E-state index contributed by atoms with van der Waals surface area (Å²) < 4.78 is 19.0. The molecule has 0 spiro atoms. The van der Waals surface area contributed by atoms with E-state index in [1.807, 2.05) is 30.3 Å². The molecule has 1 atom stereocenters. The molecule has 0 aliphatic carbocycles. The maximum atomic E-state index is 13.7. The largest absolute Gasteiger partial charge is 0.497 e. The minimum absolute atomic E-state index is 0.0345. The first-order valence-corrected chi connectivity index (χ1v) is 15.7. The van der Waals surface area contributed by atoms with E-state index in [0.29, 0.717) is 28.3 Å². The first-order chi connectivity index (χ1) is 22.8. The molecule has 0 fully saturated rings. The standard InChI is InChI=1S/C37H29ClFN3O4S/c1-46-29-14-8-9-24(21-29)22-33(42-35(43)26-12-6-3-7-13-26)36(44)40-27-15-18-30(19-16-27)47-34(25-10-4-2-5-11-25)37(45)41-28-17-20-32(39)31(38)23-28/h2-23,34H,1H3,(H,40,44)(H,41,45)(H,42,43)/b33-22-. The molecule has 7 nitrogen and oxygen atoms in total. The summed E-state index contributed by atoms with van der Waals surface area (Å²) >= 11 is 7.22. The van der Waals surface area contributed by atoms with Gasteiger partial charge in [0.1, 0.15) is 22.5 Å². The van der Waals surface area contributed by atoms with E-state index < -0.39 is 22.9 Å². The number of nitrogens with one attached hydrogen (secondary N) is 3. The van der Waals surface area contributed by atoms with Crippen LogP contribution in [0.15, 0.2) is 138 Å². The Bertz CT molecular complexity index is 1900. The minimum atomic E-state index is -0.647. The van der Waals surface area contributed by atoms with E-state index in [4.69, 9.17) is 16.3 Å². The van der Waals surface area contributed by atoms with Crippen molar-refractivity contribution in [2.24, 2.45) is 0 Å². The second kappa shape index (κ2) is 15.8. The Morgan fingerprint density at radius 3 is 2.15 bits per heavy atom. The van der Waals surface area contributed by atoms with Crippen molar-refractivity contribution < 1.29 is 23.5 Å². The predicted molar refractivity (Wildman–Crippen MR) is 185 cm³/mol. The number of rotatable bonds is 11. The van der Waals surface area contributed by atoms with Crippen LogP contribution in [0.25, 0.3) is 6.08 Å². The van der Waals surface area contributed by atoms with E-state index in [1.54, 1.807) is 92.0 Å². The number of benzene rings is 5. The molecule has 0 aromatic heterocycles. The maximum Gasteiger partial charge on any atom is 0.272 e. The number of anilines is 2. The van der Waals surface area contributed by atoms with Crippen molar-refractivity contribution in [3.63, 3.8) is 0 Å². The van der Waals surface area contributed by atoms with Crippen molar-refractivity contribution >= 4 is 58.5 Å². The average Bonchev–Trinajstić information content (AvgIpc) is 3.10.